The smallest absolute Gasteiger partial charge is 0.160 e. The standard InChI is InChI=1S/C20H25NO4/c1-4-13-9-19(24-2)17(22)7-15(13)11-21-6-5-14-10-20(25-3)18(23)8-16(14)12-21/h7-10,22-23H,4-6,11-12H2,1-3H3. The molecule has 5 heteroatoms. The lowest BCUT2D eigenvalue weighted by molar-refractivity contribution is 0.243. The summed E-state index contributed by atoms with van der Waals surface area (Å²) in [6, 6.07) is 7.45. The Balaban J connectivity index is 1.81. The highest BCUT2D eigenvalue weighted by atomic mass is 16.5. The Bertz CT molecular complexity index is 773. The lowest BCUT2D eigenvalue weighted by atomic mass is 9.97. The van der Waals surface area contributed by atoms with Gasteiger partial charge in [0.1, 0.15) is 0 Å². The predicted octanol–water partition coefficient (Wildman–Crippen LogP) is 3.24. The van der Waals surface area contributed by atoms with Gasteiger partial charge in [0, 0.05) is 19.6 Å². The van der Waals surface area contributed by atoms with Crippen molar-refractivity contribution < 1.29 is 19.7 Å². The maximum absolute atomic E-state index is 10.1. The Morgan fingerprint density at radius 3 is 2.28 bits per heavy atom. The molecule has 0 amide bonds. The van der Waals surface area contributed by atoms with Gasteiger partial charge in [-0.3, -0.25) is 4.90 Å². The summed E-state index contributed by atoms with van der Waals surface area (Å²) in [5, 5.41) is 20.1. The van der Waals surface area contributed by atoms with Gasteiger partial charge in [-0.2, -0.15) is 0 Å². The van der Waals surface area contributed by atoms with E-state index in [1.54, 1.807) is 26.4 Å². The first-order valence-corrected chi connectivity index (χ1v) is 8.55. The Labute approximate surface area is 148 Å². The molecule has 0 unspecified atom stereocenters. The van der Waals surface area contributed by atoms with Crippen molar-refractivity contribution in [3.63, 3.8) is 0 Å². The van der Waals surface area contributed by atoms with Crippen LogP contribution in [0.2, 0.25) is 0 Å². The normalized spacial score (nSPS) is 14.2. The van der Waals surface area contributed by atoms with Crippen molar-refractivity contribution in [3.8, 4) is 23.0 Å². The van der Waals surface area contributed by atoms with E-state index in [2.05, 4.69) is 11.8 Å². The number of aryl methyl sites for hydroxylation is 1. The van der Waals surface area contributed by atoms with E-state index >= 15 is 0 Å². The lowest BCUT2D eigenvalue weighted by Crippen LogP contribution is -2.30. The summed E-state index contributed by atoms with van der Waals surface area (Å²) in [6.45, 7) is 4.55. The van der Waals surface area contributed by atoms with Crippen LogP contribution in [-0.2, 0) is 25.9 Å². The highest BCUT2D eigenvalue weighted by Gasteiger charge is 2.20. The average molecular weight is 343 g/mol. The number of benzene rings is 2. The van der Waals surface area contributed by atoms with Crippen molar-refractivity contribution >= 4 is 0 Å². The van der Waals surface area contributed by atoms with Crippen LogP contribution in [-0.4, -0.2) is 35.9 Å². The minimum absolute atomic E-state index is 0.175. The third kappa shape index (κ3) is 3.51. The van der Waals surface area contributed by atoms with Crippen LogP contribution in [0.1, 0.15) is 29.2 Å². The molecule has 1 heterocycles. The molecule has 0 atom stereocenters. The lowest BCUT2D eigenvalue weighted by Gasteiger charge is -2.30. The Kier molecular flexibility index (Phi) is 5.04. The highest BCUT2D eigenvalue weighted by Crippen LogP contribution is 2.34. The minimum atomic E-state index is 0.175. The van der Waals surface area contributed by atoms with Crippen LogP contribution >= 0.6 is 0 Å². The van der Waals surface area contributed by atoms with Crippen LogP contribution in [0.25, 0.3) is 0 Å². The fraction of sp³-hybridized carbons (Fsp3) is 0.400. The molecule has 1 aliphatic rings. The number of phenols is 2. The van der Waals surface area contributed by atoms with E-state index in [9.17, 15) is 10.2 Å². The van der Waals surface area contributed by atoms with Gasteiger partial charge in [0.15, 0.2) is 23.0 Å². The summed E-state index contributed by atoms with van der Waals surface area (Å²) in [6.07, 6.45) is 1.80. The van der Waals surface area contributed by atoms with Gasteiger partial charge in [-0.1, -0.05) is 6.92 Å². The van der Waals surface area contributed by atoms with E-state index in [0.717, 1.165) is 43.6 Å². The van der Waals surface area contributed by atoms with Gasteiger partial charge < -0.3 is 19.7 Å². The number of hydrogen-bond donors (Lipinski definition) is 2. The zero-order valence-corrected chi connectivity index (χ0v) is 15.0. The highest BCUT2D eigenvalue weighted by molar-refractivity contribution is 5.48. The van der Waals surface area contributed by atoms with Crippen molar-refractivity contribution in [2.24, 2.45) is 0 Å². The van der Waals surface area contributed by atoms with Crippen LogP contribution < -0.4 is 9.47 Å². The summed E-state index contributed by atoms with van der Waals surface area (Å²) >= 11 is 0. The number of rotatable bonds is 5. The van der Waals surface area contributed by atoms with E-state index in [-0.39, 0.29) is 11.5 Å². The summed E-state index contributed by atoms with van der Waals surface area (Å²) < 4.78 is 10.4. The van der Waals surface area contributed by atoms with Crippen molar-refractivity contribution in [1.82, 2.24) is 4.90 Å². The summed E-state index contributed by atoms with van der Waals surface area (Å²) in [4.78, 5) is 2.33. The van der Waals surface area contributed by atoms with Gasteiger partial charge in [0.2, 0.25) is 0 Å². The summed E-state index contributed by atoms with van der Waals surface area (Å²) in [7, 11) is 3.13. The number of phenolic OH excluding ortho intramolecular Hbond substituents is 2. The Morgan fingerprint density at radius 2 is 1.60 bits per heavy atom. The van der Waals surface area contributed by atoms with Gasteiger partial charge in [0.25, 0.3) is 0 Å². The molecule has 0 aliphatic carbocycles. The number of aromatic hydroxyl groups is 2. The zero-order chi connectivity index (χ0) is 18.0. The molecular formula is C20H25NO4. The van der Waals surface area contributed by atoms with Crippen LogP contribution in [0.15, 0.2) is 24.3 Å². The molecule has 2 aromatic rings. The molecule has 0 saturated carbocycles. The fourth-order valence-electron chi connectivity index (χ4n) is 3.47. The zero-order valence-electron chi connectivity index (χ0n) is 15.0. The number of nitrogens with zero attached hydrogens (tertiary/aromatic N) is 1. The van der Waals surface area contributed by atoms with Gasteiger partial charge in [-0.15, -0.1) is 0 Å². The quantitative estimate of drug-likeness (QED) is 0.873. The van der Waals surface area contributed by atoms with Crippen molar-refractivity contribution in [1.29, 1.82) is 0 Å². The molecule has 2 N–H and O–H groups in total. The van der Waals surface area contributed by atoms with E-state index in [1.807, 2.05) is 12.1 Å². The Morgan fingerprint density at radius 1 is 0.920 bits per heavy atom. The van der Waals surface area contributed by atoms with Gasteiger partial charge in [-0.25, -0.2) is 0 Å². The average Bonchev–Trinajstić information content (AvgIpc) is 2.61. The Hall–Kier alpha value is -2.40. The maximum Gasteiger partial charge on any atom is 0.160 e. The molecule has 1 aliphatic heterocycles. The molecule has 0 saturated heterocycles. The van der Waals surface area contributed by atoms with Crippen molar-refractivity contribution in [2.75, 3.05) is 20.8 Å². The van der Waals surface area contributed by atoms with E-state index in [1.165, 1.54) is 11.1 Å². The van der Waals surface area contributed by atoms with Crippen LogP contribution in [0.3, 0.4) is 0 Å². The van der Waals surface area contributed by atoms with Crippen molar-refractivity contribution in [3.05, 3.63) is 46.5 Å². The largest absolute Gasteiger partial charge is 0.504 e. The number of fused-ring (bicyclic) bond motifs is 1. The molecule has 0 fully saturated rings. The van der Waals surface area contributed by atoms with E-state index in [4.69, 9.17) is 9.47 Å². The third-order valence-electron chi connectivity index (χ3n) is 4.87. The molecule has 0 radical (unpaired) electrons. The first-order chi connectivity index (χ1) is 12.0. The molecule has 134 valence electrons. The van der Waals surface area contributed by atoms with Gasteiger partial charge in [0.05, 0.1) is 14.2 Å². The second-order valence-electron chi connectivity index (χ2n) is 6.40. The van der Waals surface area contributed by atoms with Crippen LogP contribution in [0.4, 0.5) is 0 Å². The SMILES string of the molecule is CCc1cc(OC)c(O)cc1CN1CCc2cc(OC)c(O)cc2C1. The molecule has 5 nitrogen and oxygen atoms in total. The topological polar surface area (TPSA) is 62.2 Å². The number of ether oxygens (including phenoxy) is 2. The first kappa shape index (κ1) is 17.4. The molecule has 0 bridgehead atoms. The molecule has 3 rings (SSSR count). The maximum atomic E-state index is 10.1. The summed E-state index contributed by atoms with van der Waals surface area (Å²) in [5.74, 6) is 1.40. The van der Waals surface area contributed by atoms with Crippen LogP contribution in [0.5, 0.6) is 23.0 Å². The van der Waals surface area contributed by atoms with E-state index in [0.29, 0.717) is 11.5 Å². The molecule has 25 heavy (non-hydrogen) atoms. The first-order valence-electron chi connectivity index (χ1n) is 8.55. The number of methoxy groups -OCH3 is 2. The molecular weight excluding hydrogens is 318 g/mol. The van der Waals surface area contributed by atoms with E-state index < -0.39 is 0 Å². The van der Waals surface area contributed by atoms with Gasteiger partial charge in [-0.05, 0) is 59.4 Å². The predicted molar refractivity (Wildman–Crippen MR) is 96.5 cm³/mol. The monoisotopic (exact) mass is 343 g/mol. The molecule has 2 aromatic carbocycles. The fourth-order valence-corrected chi connectivity index (χ4v) is 3.47. The van der Waals surface area contributed by atoms with Crippen LogP contribution in [0, 0.1) is 0 Å². The molecule has 0 spiro atoms. The second kappa shape index (κ2) is 7.23. The summed E-state index contributed by atoms with van der Waals surface area (Å²) in [5.41, 5.74) is 4.64. The third-order valence-corrected chi connectivity index (χ3v) is 4.87. The van der Waals surface area contributed by atoms with Gasteiger partial charge >= 0.3 is 0 Å². The molecule has 0 aromatic heterocycles. The second-order valence-corrected chi connectivity index (χ2v) is 6.40. The number of hydrogen-bond acceptors (Lipinski definition) is 5. The minimum Gasteiger partial charge on any atom is -0.504 e. The van der Waals surface area contributed by atoms with Crippen molar-refractivity contribution in [2.45, 2.75) is 32.9 Å².